The number of nitrogens with zero attached hydrogens (tertiary/aromatic N) is 2. The Labute approximate surface area is 139 Å². The minimum absolute atomic E-state index is 0.0744. The van der Waals surface area contributed by atoms with Crippen molar-refractivity contribution in [2.45, 2.75) is 27.2 Å². The fourth-order valence-electron chi connectivity index (χ4n) is 1.62. The van der Waals surface area contributed by atoms with Crippen molar-refractivity contribution in [2.24, 2.45) is 5.41 Å². The summed E-state index contributed by atoms with van der Waals surface area (Å²) in [5, 5.41) is 12.2. The van der Waals surface area contributed by atoms with Gasteiger partial charge in [-0.05, 0) is 24.3 Å². The molecule has 0 unspecified atom stereocenters. The molecule has 0 spiro atoms. The van der Waals surface area contributed by atoms with E-state index in [1.54, 1.807) is 7.11 Å². The molecule has 6 nitrogen and oxygen atoms in total. The summed E-state index contributed by atoms with van der Waals surface area (Å²) in [7, 11) is 1.63. The van der Waals surface area contributed by atoms with E-state index >= 15 is 0 Å². The van der Waals surface area contributed by atoms with Gasteiger partial charge < -0.3 is 14.8 Å². The van der Waals surface area contributed by atoms with Gasteiger partial charge in [-0.1, -0.05) is 32.1 Å². The van der Waals surface area contributed by atoms with Crippen molar-refractivity contribution >= 4 is 22.4 Å². The minimum atomic E-state index is -0.455. The average molecular weight is 335 g/mol. The largest absolute Gasteiger partial charge is 0.497 e. The van der Waals surface area contributed by atoms with Crippen LogP contribution in [-0.2, 0) is 11.2 Å². The van der Waals surface area contributed by atoms with Crippen LogP contribution in [0.15, 0.2) is 24.3 Å². The average Bonchev–Trinajstić information content (AvgIpc) is 2.94. The zero-order chi connectivity index (χ0) is 16.9. The van der Waals surface area contributed by atoms with Gasteiger partial charge in [-0.15, -0.1) is 10.2 Å². The van der Waals surface area contributed by atoms with E-state index in [0.717, 1.165) is 16.5 Å². The number of ether oxygens (including phenoxy) is 2. The topological polar surface area (TPSA) is 73.3 Å². The van der Waals surface area contributed by atoms with Crippen LogP contribution < -0.4 is 14.8 Å². The van der Waals surface area contributed by atoms with Gasteiger partial charge in [-0.25, -0.2) is 0 Å². The molecule has 0 aliphatic rings. The SMILES string of the molecule is COc1ccc(OCCc2nnc(NC(=O)C(C)(C)C)s2)cc1. The number of methoxy groups -OCH3 is 1. The molecule has 0 aliphatic heterocycles. The molecule has 0 fully saturated rings. The Bertz CT molecular complexity index is 647. The molecular weight excluding hydrogens is 314 g/mol. The van der Waals surface area contributed by atoms with Gasteiger partial charge in [0.05, 0.1) is 13.7 Å². The van der Waals surface area contributed by atoms with Crippen LogP contribution in [0.5, 0.6) is 11.5 Å². The van der Waals surface area contributed by atoms with Crippen molar-refractivity contribution in [1.29, 1.82) is 0 Å². The molecule has 2 aromatic rings. The van der Waals surface area contributed by atoms with E-state index in [-0.39, 0.29) is 5.91 Å². The number of anilines is 1. The summed E-state index contributed by atoms with van der Waals surface area (Å²) in [6, 6.07) is 7.41. The Hall–Kier alpha value is -2.15. The van der Waals surface area contributed by atoms with Crippen molar-refractivity contribution < 1.29 is 14.3 Å². The van der Waals surface area contributed by atoms with Crippen LogP contribution in [0.1, 0.15) is 25.8 Å². The molecule has 0 saturated heterocycles. The van der Waals surface area contributed by atoms with E-state index in [4.69, 9.17) is 9.47 Å². The van der Waals surface area contributed by atoms with Crippen molar-refractivity contribution in [1.82, 2.24) is 10.2 Å². The first-order chi connectivity index (χ1) is 10.9. The third-order valence-electron chi connectivity index (χ3n) is 3.01. The zero-order valence-corrected chi connectivity index (χ0v) is 14.6. The van der Waals surface area contributed by atoms with Gasteiger partial charge in [-0.2, -0.15) is 0 Å². The molecule has 0 aliphatic carbocycles. The lowest BCUT2D eigenvalue weighted by Crippen LogP contribution is -2.27. The van der Waals surface area contributed by atoms with Gasteiger partial charge in [0.25, 0.3) is 0 Å². The number of carbonyl (C=O) groups excluding carboxylic acids is 1. The first-order valence-corrected chi connectivity index (χ1v) is 8.11. The summed E-state index contributed by atoms with van der Waals surface area (Å²) in [6.45, 7) is 6.06. The van der Waals surface area contributed by atoms with Gasteiger partial charge in [0.1, 0.15) is 16.5 Å². The van der Waals surface area contributed by atoms with Gasteiger partial charge in [0.15, 0.2) is 0 Å². The Morgan fingerprint density at radius 3 is 2.43 bits per heavy atom. The molecule has 2 rings (SSSR count). The molecule has 7 heteroatoms. The molecule has 0 bridgehead atoms. The minimum Gasteiger partial charge on any atom is -0.497 e. The molecule has 1 aromatic carbocycles. The lowest BCUT2D eigenvalue weighted by Gasteiger charge is -2.15. The van der Waals surface area contributed by atoms with Crippen molar-refractivity contribution in [2.75, 3.05) is 19.0 Å². The maximum Gasteiger partial charge on any atom is 0.231 e. The zero-order valence-electron chi connectivity index (χ0n) is 13.8. The van der Waals surface area contributed by atoms with Crippen molar-refractivity contribution in [3.8, 4) is 11.5 Å². The molecule has 1 N–H and O–H groups in total. The molecule has 1 amide bonds. The fourth-order valence-corrected chi connectivity index (χ4v) is 2.33. The van der Waals surface area contributed by atoms with Crippen LogP contribution in [0.4, 0.5) is 5.13 Å². The highest BCUT2D eigenvalue weighted by Crippen LogP contribution is 2.21. The standard InChI is InChI=1S/C16H21N3O3S/c1-16(2,3)14(20)17-15-19-18-13(23-15)9-10-22-12-7-5-11(21-4)6-8-12/h5-8H,9-10H2,1-4H3,(H,17,19,20). The number of benzene rings is 1. The number of hydrogen-bond donors (Lipinski definition) is 1. The summed E-state index contributed by atoms with van der Waals surface area (Å²) in [6.07, 6.45) is 0.634. The molecule has 0 radical (unpaired) electrons. The molecule has 23 heavy (non-hydrogen) atoms. The van der Waals surface area contributed by atoms with Crippen LogP contribution in [0.2, 0.25) is 0 Å². The van der Waals surface area contributed by atoms with E-state index in [1.807, 2.05) is 45.0 Å². The maximum atomic E-state index is 11.9. The number of carbonyl (C=O) groups is 1. The predicted molar refractivity (Wildman–Crippen MR) is 90.2 cm³/mol. The molecule has 0 saturated carbocycles. The predicted octanol–water partition coefficient (Wildman–Crippen LogP) is 3.15. The number of aromatic nitrogens is 2. The Kier molecular flexibility index (Phi) is 5.54. The number of nitrogens with one attached hydrogen (secondary N) is 1. The monoisotopic (exact) mass is 335 g/mol. The van der Waals surface area contributed by atoms with Gasteiger partial charge in [0.2, 0.25) is 11.0 Å². The van der Waals surface area contributed by atoms with E-state index < -0.39 is 5.41 Å². The highest BCUT2D eigenvalue weighted by Gasteiger charge is 2.22. The van der Waals surface area contributed by atoms with Crippen LogP contribution in [0.3, 0.4) is 0 Å². The molecule has 124 valence electrons. The third-order valence-corrected chi connectivity index (χ3v) is 3.91. The third kappa shape index (κ3) is 5.21. The van der Waals surface area contributed by atoms with Crippen LogP contribution >= 0.6 is 11.3 Å². The second-order valence-electron chi connectivity index (χ2n) is 5.98. The lowest BCUT2D eigenvalue weighted by molar-refractivity contribution is -0.123. The first kappa shape index (κ1) is 17.2. The summed E-state index contributed by atoms with van der Waals surface area (Å²) >= 11 is 1.36. The van der Waals surface area contributed by atoms with E-state index in [2.05, 4.69) is 15.5 Å². The highest BCUT2D eigenvalue weighted by atomic mass is 32.1. The maximum absolute atomic E-state index is 11.9. The summed E-state index contributed by atoms with van der Waals surface area (Å²) < 4.78 is 10.7. The van der Waals surface area contributed by atoms with Gasteiger partial charge >= 0.3 is 0 Å². The van der Waals surface area contributed by atoms with Crippen molar-refractivity contribution in [3.05, 3.63) is 29.3 Å². The number of amides is 1. The van der Waals surface area contributed by atoms with Crippen molar-refractivity contribution in [3.63, 3.8) is 0 Å². The first-order valence-electron chi connectivity index (χ1n) is 7.29. The number of hydrogen-bond acceptors (Lipinski definition) is 6. The Balaban J connectivity index is 1.81. The number of rotatable bonds is 6. The summed E-state index contributed by atoms with van der Waals surface area (Å²) in [5.41, 5.74) is -0.455. The molecule has 0 atom stereocenters. The molecular formula is C16H21N3O3S. The second-order valence-corrected chi connectivity index (χ2v) is 7.04. The van der Waals surface area contributed by atoms with E-state index in [0.29, 0.717) is 18.2 Å². The fraction of sp³-hybridized carbons (Fsp3) is 0.438. The highest BCUT2D eigenvalue weighted by molar-refractivity contribution is 7.15. The van der Waals surface area contributed by atoms with Crippen LogP contribution in [0, 0.1) is 5.41 Å². The quantitative estimate of drug-likeness (QED) is 0.878. The summed E-state index contributed by atoms with van der Waals surface area (Å²) in [5.74, 6) is 1.49. The Morgan fingerprint density at radius 2 is 1.83 bits per heavy atom. The summed E-state index contributed by atoms with van der Waals surface area (Å²) in [4.78, 5) is 11.9. The van der Waals surface area contributed by atoms with E-state index in [1.165, 1.54) is 11.3 Å². The molecule has 1 aromatic heterocycles. The van der Waals surface area contributed by atoms with Gasteiger partial charge in [-0.3, -0.25) is 4.79 Å². The van der Waals surface area contributed by atoms with Crippen LogP contribution in [-0.4, -0.2) is 29.8 Å². The Morgan fingerprint density at radius 1 is 1.17 bits per heavy atom. The van der Waals surface area contributed by atoms with Crippen LogP contribution in [0.25, 0.3) is 0 Å². The smallest absolute Gasteiger partial charge is 0.231 e. The second kappa shape index (κ2) is 7.41. The van der Waals surface area contributed by atoms with Gasteiger partial charge in [0, 0.05) is 11.8 Å². The normalized spacial score (nSPS) is 11.1. The molecule has 1 heterocycles. The van der Waals surface area contributed by atoms with E-state index in [9.17, 15) is 4.79 Å². The lowest BCUT2D eigenvalue weighted by atomic mass is 9.96.